The SMILES string of the molecule is O=C(/C=C/c1cccc([N+](=O)[O-])c1)NC(=S)Nc1ccc(C(=O)N2CCOCC2)cc1. The molecule has 9 nitrogen and oxygen atoms in total. The van der Waals surface area contributed by atoms with E-state index >= 15 is 0 Å². The Morgan fingerprint density at radius 1 is 1.13 bits per heavy atom. The van der Waals surface area contributed by atoms with Crippen molar-refractivity contribution in [2.24, 2.45) is 0 Å². The van der Waals surface area contributed by atoms with E-state index in [0.717, 1.165) is 0 Å². The summed E-state index contributed by atoms with van der Waals surface area (Å²) in [6, 6.07) is 12.7. The molecule has 10 heteroatoms. The van der Waals surface area contributed by atoms with E-state index in [2.05, 4.69) is 10.6 Å². The summed E-state index contributed by atoms with van der Waals surface area (Å²) in [7, 11) is 0. The quantitative estimate of drug-likeness (QED) is 0.318. The number of non-ortho nitro benzene ring substituents is 1. The van der Waals surface area contributed by atoms with E-state index in [-0.39, 0.29) is 16.7 Å². The number of thiocarbonyl (C=S) groups is 1. The molecule has 1 saturated heterocycles. The minimum absolute atomic E-state index is 0.0583. The first kappa shape index (κ1) is 22.1. The van der Waals surface area contributed by atoms with Crippen LogP contribution in [0.3, 0.4) is 0 Å². The highest BCUT2D eigenvalue weighted by Gasteiger charge is 2.18. The molecule has 0 atom stereocenters. The highest BCUT2D eigenvalue weighted by Crippen LogP contribution is 2.14. The van der Waals surface area contributed by atoms with Crippen LogP contribution in [0.1, 0.15) is 15.9 Å². The molecule has 0 bridgehead atoms. The monoisotopic (exact) mass is 440 g/mol. The fourth-order valence-corrected chi connectivity index (χ4v) is 3.09. The van der Waals surface area contributed by atoms with Crippen molar-refractivity contribution in [2.75, 3.05) is 31.6 Å². The number of rotatable bonds is 5. The van der Waals surface area contributed by atoms with Crippen molar-refractivity contribution in [1.29, 1.82) is 0 Å². The Morgan fingerprint density at radius 2 is 1.84 bits per heavy atom. The Kier molecular flexibility index (Phi) is 7.41. The molecule has 0 unspecified atom stereocenters. The van der Waals surface area contributed by atoms with E-state index in [9.17, 15) is 19.7 Å². The summed E-state index contributed by atoms with van der Waals surface area (Å²) in [4.78, 5) is 36.5. The summed E-state index contributed by atoms with van der Waals surface area (Å²) >= 11 is 5.13. The van der Waals surface area contributed by atoms with Gasteiger partial charge in [-0.25, -0.2) is 0 Å². The van der Waals surface area contributed by atoms with Crippen molar-refractivity contribution < 1.29 is 19.2 Å². The van der Waals surface area contributed by atoms with E-state index < -0.39 is 10.8 Å². The molecule has 2 aromatic rings. The first-order valence-corrected chi connectivity index (χ1v) is 9.85. The fraction of sp³-hybridized carbons (Fsp3) is 0.190. The van der Waals surface area contributed by atoms with Crippen LogP contribution in [0.5, 0.6) is 0 Å². The molecule has 1 aliphatic rings. The first-order chi connectivity index (χ1) is 14.9. The van der Waals surface area contributed by atoms with Crippen LogP contribution >= 0.6 is 12.2 Å². The number of benzene rings is 2. The predicted octanol–water partition coefficient (Wildman–Crippen LogP) is 2.59. The smallest absolute Gasteiger partial charge is 0.270 e. The Bertz CT molecular complexity index is 1020. The lowest BCUT2D eigenvalue weighted by atomic mass is 10.1. The molecule has 160 valence electrons. The summed E-state index contributed by atoms with van der Waals surface area (Å²) in [5, 5.41) is 16.3. The lowest BCUT2D eigenvalue weighted by molar-refractivity contribution is -0.384. The van der Waals surface area contributed by atoms with Crippen molar-refractivity contribution in [3.8, 4) is 0 Å². The zero-order valence-electron chi connectivity index (χ0n) is 16.4. The zero-order valence-corrected chi connectivity index (χ0v) is 17.3. The third-order valence-electron chi connectivity index (χ3n) is 4.43. The Morgan fingerprint density at radius 3 is 2.52 bits per heavy atom. The third kappa shape index (κ3) is 6.43. The van der Waals surface area contributed by atoms with Gasteiger partial charge < -0.3 is 15.0 Å². The molecule has 3 rings (SSSR count). The zero-order chi connectivity index (χ0) is 22.2. The normalized spacial score (nSPS) is 13.6. The molecule has 0 saturated carbocycles. The molecular weight excluding hydrogens is 420 g/mol. The number of nitro benzene ring substituents is 1. The number of hydrogen-bond donors (Lipinski definition) is 2. The second-order valence-electron chi connectivity index (χ2n) is 6.61. The van der Waals surface area contributed by atoms with Crippen LogP contribution in [0.15, 0.2) is 54.6 Å². The van der Waals surface area contributed by atoms with Gasteiger partial charge in [-0.05, 0) is 48.1 Å². The molecule has 2 N–H and O–H groups in total. The van der Waals surface area contributed by atoms with Crippen molar-refractivity contribution in [3.05, 3.63) is 75.8 Å². The second kappa shape index (κ2) is 10.4. The van der Waals surface area contributed by atoms with Crippen LogP contribution in [-0.4, -0.2) is 53.1 Å². The number of hydrogen-bond acceptors (Lipinski definition) is 6. The van der Waals surface area contributed by atoms with E-state index in [1.807, 2.05) is 0 Å². The van der Waals surface area contributed by atoms with Crippen LogP contribution < -0.4 is 10.6 Å². The maximum atomic E-state index is 12.4. The first-order valence-electron chi connectivity index (χ1n) is 9.44. The van der Waals surface area contributed by atoms with E-state index in [1.54, 1.807) is 35.2 Å². The van der Waals surface area contributed by atoms with Crippen LogP contribution in [0.2, 0.25) is 0 Å². The van der Waals surface area contributed by atoms with Gasteiger partial charge >= 0.3 is 0 Å². The van der Waals surface area contributed by atoms with Gasteiger partial charge in [0.2, 0.25) is 5.91 Å². The Hall–Kier alpha value is -3.63. The molecule has 2 amide bonds. The van der Waals surface area contributed by atoms with Crippen LogP contribution in [-0.2, 0) is 9.53 Å². The van der Waals surface area contributed by atoms with Crippen LogP contribution in [0, 0.1) is 10.1 Å². The van der Waals surface area contributed by atoms with Gasteiger partial charge in [0, 0.05) is 42.5 Å². The van der Waals surface area contributed by atoms with Gasteiger partial charge in [-0.1, -0.05) is 12.1 Å². The largest absolute Gasteiger partial charge is 0.378 e. The predicted molar refractivity (Wildman–Crippen MR) is 120 cm³/mol. The lowest BCUT2D eigenvalue weighted by Gasteiger charge is -2.26. The average Bonchev–Trinajstić information content (AvgIpc) is 2.78. The second-order valence-corrected chi connectivity index (χ2v) is 7.02. The molecule has 2 aromatic carbocycles. The van der Waals surface area contributed by atoms with Gasteiger partial charge in [-0.15, -0.1) is 0 Å². The molecule has 0 aliphatic carbocycles. The maximum absolute atomic E-state index is 12.4. The fourth-order valence-electron chi connectivity index (χ4n) is 2.88. The Labute approximate surface area is 183 Å². The lowest BCUT2D eigenvalue weighted by Crippen LogP contribution is -2.40. The number of nitrogens with one attached hydrogen (secondary N) is 2. The molecule has 0 aromatic heterocycles. The number of anilines is 1. The minimum atomic E-state index is -0.504. The van der Waals surface area contributed by atoms with Crippen molar-refractivity contribution in [3.63, 3.8) is 0 Å². The molecular formula is C21H20N4O5S. The molecule has 0 radical (unpaired) electrons. The van der Waals surface area contributed by atoms with Crippen molar-refractivity contribution in [2.45, 2.75) is 0 Å². The number of nitrogens with zero attached hydrogens (tertiary/aromatic N) is 2. The number of nitro groups is 1. The van der Waals surface area contributed by atoms with Gasteiger partial charge in [0.15, 0.2) is 5.11 Å². The highest BCUT2D eigenvalue weighted by atomic mass is 32.1. The number of amides is 2. The summed E-state index contributed by atoms with van der Waals surface area (Å²) in [6.45, 7) is 2.21. The van der Waals surface area contributed by atoms with Gasteiger partial charge in [-0.2, -0.15) is 0 Å². The maximum Gasteiger partial charge on any atom is 0.270 e. The number of carbonyl (C=O) groups is 2. The number of ether oxygens (including phenoxy) is 1. The molecule has 31 heavy (non-hydrogen) atoms. The van der Waals surface area contributed by atoms with Gasteiger partial charge in [0.05, 0.1) is 18.1 Å². The molecule has 1 heterocycles. The Balaban J connectivity index is 1.52. The topological polar surface area (TPSA) is 114 Å². The average molecular weight is 440 g/mol. The molecule has 1 fully saturated rings. The van der Waals surface area contributed by atoms with E-state index in [4.69, 9.17) is 17.0 Å². The van der Waals surface area contributed by atoms with E-state index in [0.29, 0.717) is 43.1 Å². The molecule has 0 spiro atoms. The van der Waals surface area contributed by atoms with Crippen LogP contribution in [0.4, 0.5) is 11.4 Å². The number of morpholine rings is 1. The van der Waals surface area contributed by atoms with Gasteiger partial charge in [-0.3, -0.25) is 25.0 Å². The summed E-state index contributed by atoms with van der Waals surface area (Å²) in [5.74, 6) is -0.542. The van der Waals surface area contributed by atoms with E-state index in [1.165, 1.54) is 30.4 Å². The molecule has 1 aliphatic heterocycles. The van der Waals surface area contributed by atoms with Crippen LogP contribution in [0.25, 0.3) is 6.08 Å². The van der Waals surface area contributed by atoms with Gasteiger partial charge in [0.1, 0.15) is 0 Å². The summed E-state index contributed by atoms with van der Waals surface area (Å²) in [6.07, 6.45) is 2.69. The van der Waals surface area contributed by atoms with Crippen molar-refractivity contribution >= 4 is 46.6 Å². The van der Waals surface area contributed by atoms with Gasteiger partial charge in [0.25, 0.3) is 11.6 Å². The van der Waals surface area contributed by atoms with Crippen molar-refractivity contribution in [1.82, 2.24) is 10.2 Å². The minimum Gasteiger partial charge on any atom is -0.378 e. The third-order valence-corrected chi connectivity index (χ3v) is 4.64. The highest BCUT2D eigenvalue weighted by molar-refractivity contribution is 7.80. The summed E-state index contributed by atoms with van der Waals surface area (Å²) in [5.41, 5.74) is 1.63. The summed E-state index contributed by atoms with van der Waals surface area (Å²) < 4.78 is 5.25. The number of carbonyl (C=O) groups excluding carboxylic acids is 2. The standard InChI is InChI=1S/C21H20N4O5S/c26-19(9-4-15-2-1-3-18(14-15)25(28)29)23-21(31)22-17-7-5-16(6-8-17)20(27)24-10-12-30-13-11-24/h1-9,14H,10-13H2,(H2,22,23,26,31)/b9-4+.